The van der Waals surface area contributed by atoms with E-state index in [9.17, 15) is 28.8 Å². The molecule has 1 heterocycles. The molecule has 13 heteroatoms. The molecule has 1 saturated heterocycles. The summed E-state index contributed by atoms with van der Waals surface area (Å²) in [6.07, 6.45) is 1.01. The Bertz CT molecular complexity index is 1770. The first-order chi connectivity index (χ1) is 27.3. The van der Waals surface area contributed by atoms with Crippen molar-refractivity contribution in [3.8, 4) is 0 Å². The van der Waals surface area contributed by atoms with Gasteiger partial charge in [0.25, 0.3) is 0 Å². The minimum atomic E-state index is -1.12. The SMILES string of the molecule is CC(C)C[C@@H]1NC(=O)[C@H](CCCCNC(=O)OCc2ccccc2)NC(=O)[C@H](Cc2ccccc2)NC(=O)[C@@H](Cc2ccccc2)NC(=O)[C@H](C(C)C)N(C)C1=O. The van der Waals surface area contributed by atoms with Gasteiger partial charge in [0.2, 0.25) is 29.5 Å². The van der Waals surface area contributed by atoms with E-state index in [1.54, 1.807) is 0 Å². The smallest absolute Gasteiger partial charge is 0.407 e. The minimum Gasteiger partial charge on any atom is -0.445 e. The normalized spacial score (nSPS) is 21.1. The van der Waals surface area contributed by atoms with Crippen molar-refractivity contribution in [2.75, 3.05) is 13.6 Å². The Morgan fingerprint density at radius 2 is 1.09 bits per heavy atom. The average molecular weight is 783 g/mol. The highest BCUT2D eigenvalue weighted by Gasteiger charge is 2.38. The molecule has 0 saturated carbocycles. The molecule has 5 N–H and O–H groups in total. The maximum Gasteiger partial charge on any atom is 0.407 e. The van der Waals surface area contributed by atoms with Gasteiger partial charge in [0.05, 0.1) is 0 Å². The van der Waals surface area contributed by atoms with Crippen LogP contribution in [0, 0.1) is 11.8 Å². The molecule has 57 heavy (non-hydrogen) atoms. The molecular weight excluding hydrogens is 725 g/mol. The number of carbonyl (C=O) groups is 6. The first kappa shape index (κ1) is 44.0. The van der Waals surface area contributed by atoms with E-state index in [0.717, 1.165) is 16.7 Å². The molecule has 4 rings (SSSR count). The molecule has 3 aromatic carbocycles. The van der Waals surface area contributed by atoms with Crippen LogP contribution in [0.15, 0.2) is 91.0 Å². The predicted molar refractivity (Wildman–Crippen MR) is 217 cm³/mol. The number of nitrogens with zero attached hydrogens (tertiary/aromatic N) is 1. The molecule has 0 aliphatic carbocycles. The molecule has 6 amide bonds. The summed E-state index contributed by atoms with van der Waals surface area (Å²) >= 11 is 0. The van der Waals surface area contributed by atoms with Crippen LogP contribution in [0.25, 0.3) is 0 Å². The van der Waals surface area contributed by atoms with Crippen LogP contribution in [0.4, 0.5) is 4.79 Å². The lowest BCUT2D eigenvalue weighted by Gasteiger charge is -2.34. The molecular formula is C44H58N6O7. The summed E-state index contributed by atoms with van der Waals surface area (Å²) < 4.78 is 5.30. The highest BCUT2D eigenvalue weighted by atomic mass is 16.5. The van der Waals surface area contributed by atoms with Crippen molar-refractivity contribution in [3.05, 3.63) is 108 Å². The minimum absolute atomic E-state index is 0.00542. The predicted octanol–water partition coefficient (Wildman–Crippen LogP) is 4.05. The molecule has 1 aliphatic heterocycles. The Labute approximate surface area is 336 Å². The van der Waals surface area contributed by atoms with Crippen LogP contribution in [0.2, 0.25) is 0 Å². The summed E-state index contributed by atoms with van der Waals surface area (Å²) in [6, 6.07) is 22.5. The first-order valence-corrected chi connectivity index (χ1v) is 19.8. The summed E-state index contributed by atoms with van der Waals surface area (Å²) in [7, 11) is 1.53. The van der Waals surface area contributed by atoms with Crippen molar-refractivity contribution in [3.63, 3.8) is 0 Å². The number of hydrogen-bond donors (Lipinski definition) is 5. The third-order valence-electron chi connectivity index (χ3n) is 9.85. The topological polar surface area (TPSA) is 175 Å². The highest BCUT2D eigenvalue weighted by molar-refractivity contribution is 5.98. The maximum atomic E-state index is 14.2. The zero-order chi connectivity index (χ0) is 41.3. The third kappa shape index (κ3) is 14.1. The molecule has 5 atom stereocenters. The molecule has 306 valence electrons. The van der Waals surface area contributed by atoms with Crippen molar-refractivity contribution in [1.82, 2.24) is 31.5 Å². The lowest BCUT2D eigenvalue weighted by Crippen LogP contribution is -2.59. The van der Waals surface area contributed by atoms with Gasteiger partial charge in [-0.1, -0.05) is 119 Å². The molecule has 0 bridgehead atoms. The maximum absolute atomic E-state index is 14.2. The number of carbonyl (C=O) groups excluding carboxylic acids is 6. The number of likely N-dealkylation sites (N-methyl/N-ethyl adjacent to an activating group) is 1. The van der Waals surface area contributed by atoms with E-state index >= 15 is 0 Å². The molecule has 0 unspecified atom stereocenters. The Kier molecular flexibility index (Phi) is 17.1. The highest BCUT2D eigenvalue weighted by Crippen LogP contribution is 2.17. The molecule has 13 nitrogen and oxygen atoms in total. The Hall–Kier alpha value is -5.72. The van der Waals surface area contributed by atoms with E-state index in [1.165, 1.54) is 11.9 Å². The van der Waals surface area contributed by atoms with E-state index in [4.69, 9.17) is 4.74 Å². The van der Waals surface area contributed by atoms with Crippen LogP contribution >= 0.6 is 0 Å². The van der Waals surface area contributed by atoms with Crippen molar-refractivity contribution >= 4 is 35.6 Å². The van der Waals surface area contributed by atoms with Gasteiger partial charge in [-0.3, -0.25) is 24.0 Å². The number of ether oxygens (including phenoxy) is 1. The number of hydrogen-bond acceptors (Lipinski definition) is 7. The number of nitrogens with one attached hydrogen (secondary N) is 5. The molecule has 1 aliphatic rings. The zero-order valence-electron chi connectivity index (χ0n) is 33.7. The number of amides is 6. The van der Waals surface area contributed by atoms with E-state index in [1.807, 2.05) is 119 Å². The standard InChI is InChI=1S/C44H58N6O7/c1-29(2)25-37-43(55)50(5)38(30(3)4)42(54)48-36(27-32-19-11-7-12-20-32)41(53)47-35(26-31-17-9-6-10-18-31)40(52)46-34(39(51)49-37)23-15-16-24-45-44(56)57-28-33-21-13-8-14-22-33/h6-14,17-22,29-30,34-38H,15-16,23-28H2,1-5H3,(H,45,56)(H,46,52)(H,47,53)(H,48,54)(H,49,51)/t34-,35-,36+,37-,38-/m0/s1. The number of rotatable bonds is 14. The van der Waals surface area contributed by atoms with Gasteiger partial charge in [-0.25, -0.2) is 4.79 Å². The lowest BCUT2D eigenvalue weighted by atomic mass is 9.97. The van der Waals surface area contributed by atoms with Gasteiger partial charge in [-0.15, -0.1) is 0 Å². The summed E-state index contributed by atoms with van der Waals surface area (Å²) in [5.41, 5.74) is 2.42. The molecule has 1 fully saturated rings. The van der Waals surface area contributed by atoms with Crippen molar-refractivity contribution in [2.45, 2.75) is 103 Å². The van der Waals surface area contributed by atoms with Crippen molar-refractivity contribution < 1.29 is 33.5 Å². The Morgan fingerprint density at radius 3 is 1.60 bits per heavy atom. The van der Waals surface area contributed by atoms with E-state index in [-0.39, 0.29) is 50.7 Å². The summed E-state index contributed by atoms with van der Waals surface area (Å²) in [4.78, 5) is 84.6. The van der Waals surface area contributed by atoms with Crippen molar-refractivity contribution in [1.29, 1.82) is 0 Å². The molecule has 0 aromatic heterocycles. The fraction of sp³-hybridized carbons (Fsp3) is 0.455. The average Bonchev–Trinajstić information content (AvgIpc) is 3.18. The van der Waals surface area contributed by atoms with Crippen molar-refractivity contribution in [2.24, 2.45) is 11.8 Å². The van der Waals surface area contributed by atoms with Gasteiger partial charge in [0.1, 0.15) is 36.8 Å². The lowest BCUT2D eigenvalue weighted by molar-refractivity contribution is -0.144. The van der Waals surface area contributed by atoms with Crippen LogP contribution < -0.4 is 26.6 Å². The Balaban J connectivity index is 1.62. The van der Waals surface area contributed by atoms with Crippen LogP contribution in [0.5, 0.6) is 0 Å². The molecule has 3 aromatic rings. The Morgan fingerprint density at radius 1 is 0.632 bits per heavy atom. The van der Waals surface area contributed by atoms with E-state index in [2.05, 4.69) is 26.6 Å². The van der Waals surface area contributed by atoms with Crippen LogP contribution in [0.1, 0.15) is 70.1 Å². The number of benzene rings is 3. The van der Waals surface area contributed by atoms with Crippen LogP contribution in [-0.4, -0.2) is 84.3 Å². The summed E-state index contributed by atoms with van der Waals surface area (Å²) in [5.74, 6) is -3.10. The molecule has 0 spiro atoms. The second-order valence-electron chi connectivity index (χ2n) is 15.4. The fourth-order valence-corrected chi connectivity index (χ4v) is 6.90. The number of alkyl carbamates (subject to hydrolysis) is 1. The summed E-state index contributed by atoms with van der Waals surface area (Å²) in [5, 5.41) is 14.3. The van der Waals surface area contributed by atoms with Gasteiger partial charge >= 0.3 is 6.09 Å². The molecule has 0 radical (unpaired) electrons. The second kappa shape index (κ2) is 22.1. The number of unbranched alkanes of at least 4 members (excludes halogenated alkanes) is 1. The van der Waals surface area contributed by atoms with Gasteiger partial charge in [0, 0.05) is 26.4 Å². The van der Waals surface area contributed by atoms with Crippen LogP contribution in [-0.2, 0) is 48.2 Å². The monoisotopic (exact) mass is 782 g/mol. The van der Waals surface area contributed by atoms with Gasteiger partial charge in [0.15, 0.2) is 0 Å². The first-order valence-electron chi connectivity index (χ1n) is 19.8. The summed E-state index contributed by atoms with van der Waals surface area (Å²) in [6.45, 7) is 7.88. The largest absolute Gasteiger partial charge is 0.445 e. The van der Waals surface area contributed by atoms with Crippen LogP contribution in [0.3, 0.4) is 0 Å². The van der Waals surface area contributed by atoms with E-state index < -0.39 is 65.8 Å². The zero-order valence-corrected chi connectivity index (χ0v) is 33.7. The fourth-order valence-electron chi connectivity index (χ4n) is 6.90. The quantitative estimate of drug-likeness (QED) is 0.153. The van der Waals surface area contributed by atoms with Gasteiger partial charge in [-0.2, -0.15) is 0 Å². The van der Waals surface area contributed by atoms with Gasteiger partial charge in [-0.05, 0) is 54.2 Å². The van der Waals surface area contributed by atoms with E-state index in [0.29, 0.717) is 12.8 Å². The third-order valence-corrected chi connectivity index (χ3v) is 9.85. The van der Waals surface area contributed by atoms with Gasteiger partial charge < -0.3 is 36.2 Å². The second-order valence-corrected chi connectivity index (χ2v) is 15.4.